The lowest BCUT2D eigenvalue weighted by Crippen LogP contribution is -2.24. The Balaban J connectivity index is 1.87. The molecule has 128 valence electrons. The van der Waals surface area contributed by atoms with Crippen LogP contribution in [0.2, 0.25) is 0 Å². The lowest BCUT2D eigenvalue weighted by molar-refractivity contribution is 0.414. The van der Waals surface area contributed by atoms with Crippen LogP contribution in [-0.4, -0.2) is 16.7 Å². The van der Waals surface area contributed by atoms with Crippen LogP contribution in [-0.2, 0) is 6.42 Å². The van der Waals surface area contributed by atoms with Gasteiger partial charge in [-0.15, -0.1) is 0 Å². The highest BCUT2D eigenvalue weighted by molar-refractivity contribution is 5.76. The second-order valence-corrected chi connectivity index (χ2v) is 6.05. The first-order chi connectivity index (χ1) is 12.8. The number of ether oxygens (including phenoxy) is 1. The van der Waals surface area contributed by atoms with Crippen LogP contribution < -0.4 is 10.3 Å². The fourth-order valence-electron chi connectivity index (χ4n) is 3.06. The third-order valence-electron chi connectivity index (χ3n) is 4.37. The molecule has 0 N–H and O–H groups in total. The first-order valence-corrected chi connectivity index (χ1v) is 8.45. The van der Waals surface area contributed by atoms with Gasteiger partial charge in [-0.1, -0.05) is 42.5 Å². The molecule has 0 aliphatic heterocycles. The normalized spacial score (nSPS) is 10.8. The smallest absolute Gasteiger partial charge is 0.277 e. The molecule has 1 heterocycles. The molecule has 0 aliphatic rings. The molecular formula is C22H18N2O2. The molecule has 0 spiro atoms. The van der Waals surface area contributed by atoms with Gasteiger partial charge in [0.2, 0.25) is 0 Å². The maximum atomic E-state index is 13.2. The second kappa shape index (κ2) is 6.84. The van der Waals surface area contributed by atoms with Gasteiger partial charge >= 0.3 is 0 Å². The maximum absolute atomic E-state index is 13.2. The fourth-order valence-corrected chi connectivity index (χ4v) is 3.06. The Morgan fingerprint density at radius 2 is 1.58 bits per heavy atom. The predicted molar refractivity (Wildman–Crippen MR) is 103 cm³/mol. The monoisotopic (exact) mass is 342 g/mol. The highest BCUT2D eigenvalue weighted by Gasteiger charge is 2.12. The number of benzene rings is 3. The molecule has 4 nitrogen and oxygen atoms in total. The average molecular weight is 342 g/mol. The van der Waals surface area contributed by atoms with E-state index >= 15 is 0 Å². The van der Waals surface area contributed by atoms with E-state index in [1.165, 1.54) is 0 Å². The van der Waals surface area contributed by atoms with Gasteiger partial charge in [0.15, 0.2) is 0 Å². The van der Waals surface area contributed by atoms with Gasteiger partial charge in [-0.05, 0) is 42.0 Å². The van der Waals surface area contributed by atoms with Crippen LogP contribution in [0.1, 0.15) is 11.3 Å². The van der Waals surface area contributed by atoms with Crippen molar-refractivity contribution in [1.82, 2.24) is 9.55 Å². The molecule has 0 amide bonds. The minimum absolute atomic E-state index is 0.0919. The third-order valence-corrected chi connectivity index (χ3v) is 4.37. The van der Waals surface area contributed by atoms with E-state index in [0.717, 1.165) is 28.0 Å². The largest absolute Gasteiger partial charge is 0.497 e. The number of hydrogen-bond donors (Lipinski definition) is 0. The van der Waals surface area contributed by atoms with Gasteiger partial charge in [0.1, 0.15) is 11.4 Å². The number of nitrogens with zero attached hydrogens (tertiary/aromatic N) is 2. The standard InChI is InChI=1S/C22H18N2O2/c1-26-18-13-11-16(12-14-18)15-20-22(25)24(17-7-3-2-4-8-17)21-10-6-5-9-19(21)23-20/h2-14H,15H2,1H3. The molecule has 3 aromatic carbocycles. The summed E-state index contributed by atoms with van der Waals surface area (Å²) in [6.45, 7) is 0. The number of fused-ring (bicyclic) bond motifs is 1. The van der Waals surface area contributed by atoms with E-state index < -0.39 is 0 Å². The summed E-state index contributed by atoms with van der Waals surface area (Å²) in [6, 6.07) is 25.1. The summed E-state index contributed by atoms with van der Waals surface area (Å²) in [5.74, 6) is 0.793. The predicted octanol–water partition coefficient (Wildman–Crippen LogP) is 3.99. The van der Waals surface area contributed by atoms with E-state index in [1.54, 1.807) is 11.7 Å². The van der Waals surface area contributed by atoms with Gasteiger partial charge in [0.05, 0.1) is 18.1 Å². The van der Waals surface area contributed by atoms with Crippen molar-refractivity contribution in [1.29, 1.82) is 0 Å². The number of rotatable bonds is 4. The SMILES string of the molecule is COc1ccc(Cc2nc3ccccc3n(-c3ccccc3)c2=O)cc1. The Morgan fingerprint density at radius 1 is 0.885 bits per heavy atom. The Labute approximate surface area is 151 Å². The summed E-state index contributed by atoms with van der Waals surface area (Å²) in [6.07, 6.45) is 0.473. The molecule has 4 aromatic rings. The molecule has 4 heteroatoms. The van der Waals surface area contributed by atoms with Crippen molar-refractivity contribution in [2.24, 2.45) is 0 Å². The van der Waals surface area contributed by atoms with Crippen molar-refractivity contribution in [2.45, 2.75) is 6.42 Å². The van der Waals surface area contributed by atoms with Gasteiger partial charge in [0, 0.05) is 12.1 Å². The Kier molecular flexibility index (Phi) is 4.23. The zero-order valence-electron chi connectivity index (χ0n) is 14.4. The third kappa shape index (κ3) is 2.97. The van der Waals surface area contributed by atoms with Crippen LogP contribution in [0.5, 0.6) is 5.75 Å². The van der Waals surface area contributed by atoms with E-state index in [4.69, 9.17) is 4.74 Å². The maximum Gasteiger partial charge on any atom is 0.277 e. The molecule has 0 bridgehead atoms. The zero-order valence-corrected chi connectivity index (χ0v) is 14.4. The van der Waals surface area contributed by atoms with Crippen molar-refractivity contribution < 1.29 is 4.74 Å². The van der Waals surface area contributed by atoms with Gasteiger partial charge < -0.3 is 4.74 Å². The molecule has 0 saturated heterocycles. The van der Waals surface area contributed by atoms with Gasteiger partial charge in [-0.25, -0.2) is 4.98 Å². The molecule has 26 heavy (non-hydrogen) atoms. The topological polar surface area (TPSA) is 44.1 Å². The molecule has 4 rings (SSSR count). The lowest BCUT2D eigenvalue weighted by Gasteiger charge is -2.12. The van der Waals surface area contributed by atoms with E-state index in [9.17, 15) is 4.79 Å². The molecule has 0 fully saturated rings. The summed E-state index contributed by atoms with van der Waals surface area (Å²) < 4.78 is 6.93. The summed E-state index contributed by atoms with van der Waals surface area (Å²) in [4.78, 5) is 17.8. The average Bonchev–Trinajstić information content (AvgIpc) is 2.70. The quantitative estimate of drug-likeness (QED) is 0.563. The summed E-state index contributed by atoms with van der Waals surface area (Å²) in [5, 5.41) is 0. The summed E-state index contributed by atoms with van der Waals surface area (Å²) in [5.41, 5.74) is 3.91. The van der Waals surface area contributed by atoms with Crippen LogP contribution in [0, 0.1) is 0 Å². The van der Waals surface area contributed by atoms with Crippen molar-refractivity contribution in [3.05, 3.63) is 100 Å². The van der Waals surface area contributed by atoms with Crippen LogP contribution in [0.3, 0.4) is 0 Å². The minimum Gasteiger partial charge on any atom is -0.497 e. The number of methoxy groups -OCH3 is 1. The van der Waals surface area contributed by atoms with E-state index in [0.29, 0.717) is 12.1 Å². The molecule has 0 unspecified atom stereocenters. The van der Waals surface area contributed by atoms with Crippen LogP contribution >= 0.6 is 0 Å². The first-order valence-electron chi connectivity index (χ1n) is 8.45. The van der Waals surface area contributed by atoms with Crippen LogP contribution in [0.25, 0.3) is 16.7 Å². The summed E-state index contributed by atoms with van der Waals surface area (Å²) in [7, 11) is 1.64. The van der Waals surface area contributed by atoms with Gasteiger partial charge in [-0.3, -0.25) is 9.36 Å². The second-order valence-electron chi connectivity index (χ2n) is 6.05. The molecule has 0 aliphatic carbocycles. The molecule has 0 radical (unpaired) electrons. The Hall–Kier alpha value is -3.40. The van der Waals surface area contributed by atoms with E-state index in [2.05, 4.69) is 4.98 Å². The van der Waals surface area contributed by atoms with Gasteiger partial charge in [-0.2, -0.15) is 0 Å². The van der Waals surface area contributed by atoms with E-state index in [1.807, 2.05) is 78.9 Å². The van der Waals surface area contributed by atoms with Crippen molar-refractivity contribution in [3.8, 4) is 11.4 Å². The van der Waals surface area contributed by atoms with Crippen molar-refractivity contribution in [3.63, 3.8) is 0 Å². The number of para-hydroxylation sites is 3. The van der Waals surface area contributed by atoms with Crippen LogP contribution in [0.4, 0.5) is 0 Å². The molecule has 0 saturated carbocycles. The highest BCUT2D eigenvalue weighted by atomic mass is 16.5. The lowest BCUT2D eigenvalue weighted by atomic mass is 10.1. The number of hydrogen-bond acceptors (Lipinski definition) is 3. The number of aromatic nitrogens is 2. The molecule has 0 atom stereocenters. The highest BCUT2D eigenvalue weighted by Crippen LogP contribution is 2.17. The van der Waals surface area contributed by atoms with Crippen molar-refractivity contribution in [2.75, 3.05) is 7.11 Å². The Morgan fingerprint density at radius 3 is 2.31 bits per heavy atom. The van der Waals surface area contributed by atoms with E-state index in [-0.39, 0.29) is 5.56 Å². The molecule has 1 aromatic heterocycles. The first kappa shape index (κ1) is 16.1. The Bertz CT molecular complexity index is 1100. The minimum atomic E-state index is -0.0919. The zero-order chi connectivity index (χ0) is 17.9. The molecular weight excluding hydrogens is 324 g/mol. The van der Waals surface area contributed by atoms with Crippen LogP contribution in [0.15, 0.2) is 83.7 Å². The summed E-state index contributed by atoms with van der Waals surface area (Å²) >= 11 is 0. The van der Waals surface area contributed by atoms with Gasteiger partial charge in [0.25, 0.3) is 5.56 Å². The van der Waals surface area contributed by atoms with Crippen molar-refractivity contribution >= 4 is 11.0 Å². The fraction of sp³-hybridized carbons (Fsp3) is 0.0909.